The molecule has 0 spiro atoms. The fourth-order valence-electron chi connectivity index (χ4n) is 11.7. The molecule has 1 unspecified atom stereocenters. The first-order valence-corrected chi connectivity index (χ1v) is 36.9. The van der Waals surface area contributed by atoms with Crippen LogP contribution in [0.15, 0.2) is 24.3 Å². The van der Waals surface area contributed by atoms with Crippen LogP contribution in [0, 0.1) is 0 Å². The van der Waals surface area contributed by atoms with Crippen molar-refractivity contribution in [1.82, 2.24) is 0 Å². The number of hydrogen-bond acceptors (Lipinski definition) is 5. The van der Waals surface area contributed by atoms with Crippen LogP contribution < -0.4 is 0 Å². The SMILES string of the molecule is CCCCCCC/C=C\C/C=C\CCCCCCCCCCCCCCCCCCCCCCCCCCCCCC(=O)OC(CO)COC(=O)CCCCCCCCCCCCCCCCCCCCCCCCCCCCC. The van der Waals surface area contributed by atoms with E-state index in [1.54, 1.807) is 0 Å². The maximum absolute atomic E-state index is 12.4. The maximum atomic E-state index is 12.4. The Morgan fingerprint density at radius 2 is 0.500 bits per heavy atom. The van der Waals surface area contributed by atoms with Crippen LogP contribution in [0.3, 0.4) is 0 Å². The maximum Gasteiger partial charge on any atom is 0.306 e. The molecule has 0 saturated carbocycles. The van der Waals surface area contributed by atoms with Crippen molar-refractivity contribution in [2.75, 3.05) is 13.2 Å². The Hall–Kier alpha value is -1.62. The smallest absolute Gasteiger partial charge is 0.306 e. The molecule has 80 heavy (non-hydrogen) atoms. The molecule has 0 amide bonds. The number of unbranched alkanes of at least 4 members (excludes halogenated alkanes) is 58. The predicted molar refractivity (Wildman–Crippen MR) is 353 cm³/mol. The van der Waals surface area contributed by atoms with Crippen molar-refractivity contribution in [1.29, 1.82) is 0 Å². The molecule has 0 saturated heterocycles. The number of hydrogen-bond donors (Lipinski definition) is 1. The lowest BCUT2D eigenvalue weighted by atomic mass is 10.0. The molecule has 0 bridgehead atoms. The Kier molecular flexibility index (Phi) is 70.2. The van der Waals surface area contributed by atoms with Gasteiger partial charge in [0.15, 0.2) is 6.10 Å². The average Bonchev–Trinajstić information content (AvgIpc) is 3.46. The number of carbonyl (C=O) groups is 2. The molecule has 0 aromatic carbocycles. The monoisotopic (exact) mass is 1130 g/mol. The molecule has 474 valence electrons. The van der Waals surface area contributed by atoms with E-state index in [-0.39, 0.29) is 25.2 Å². The van der Waals surface area contributed by atoms with Crippen LogP contribution in [0.5, 0.6) is 0 Å². The minimum Gasteiger partial charge on any atom is -0.462 e. The van der Waals surface area contributed by atoms with Crippen LogP contribution in [-0.2, 0) is 19.1 Å². The summed E-state index contributed by atoms with van der Waals surface area (Å²) in [4.78, 5) is 24.7. The summed E-state index contributed by atoms with van der Waals surface area (Å²) in [6, 6.07) is 0. The van der Waals surface area contributed by atoms with Gasteiger partial charge >= 0.3 is 11.9 Å². The van der Waals surface area contributed by atoms with Crippen molar-refractivity contribution < 1.29 is 24.2 Å². The van der Waals surface area contributed by atoms with Crippen LogP contribution >= 0.6 is 0 Å². The van der Waals surface area contributed by atoms with Crippen LogP contribution in [-0.4, -0.2) is 36.4 Å². The lowest BCUT2D eigenvalue weighted by molar-refractivity contribution is -0.161. The van der Waals surface area contributed by atoms with Gasteiger partial charge in [-0.25, -0.2) is 0 Å². The van der Waals surface area contributed by atoms with Crippen LogP contribution in [0.4, 0.5) is 0 Å². The molecule has 1 atom stereocenters. The van der Waals surface area contributed by atoms with Gasteiger partial charge in [0.2, 0.25) is 0 Å². The van der Waals surface area contributed by atoms with E-state index >= 15 is 0 Å². The number of ether oxygens (including phenoxy) is 2. The highest BCUT2D eigenvalue weighted by molar-refractivity contribution is 5.70. The van der Waals surface area contributed by atoms with Gasteiger partial charge in [-0.15, -0.1) is 0 Å². The minimum atomic E-state index is -0.767. The van der Waals surface area contributed by atoms with Crippen molar-refractivity contribution in [3.8, 4) is 0 Å². The van der Waals surface area contributed by atoms with Gasteiger partial charge in [0.25, 0.3) is 0 Å². The normalized spacial score (nSPS) is 12.2. The van der Waals surface area contributed by atoms with E-state index in [1.165, 1.54) is 360 Å². The Morgan fingerprint density at radius 3 is 0.738 bits per heavy atom. The number of allylic oxidation sites excluding steroid dienone is 4. The highest BCUT2D eigenvalue weighted by Crippen LogP contribution is 2.20. The average molecular weight is 1130 g/mol. The summed E-state index contributed by atoms with van der Waals surface area (Å²) in [5, 5.41) is 9.71. The van der Waals surface area contributed by atoms with Crippen molar-refractivity contribution in [3.05, 3.63) is 24.3 Å². The van der Waals surface area contributed by atoms with Gasteiger partial charge in [0.05, 0.1) is 6.61 Å². The van der Waals surface area contributed by atoms with E-state index in [0.717, 1.165) is 38.5 Å². The summed E-state index contributed by atoms with van der Waals surface area (Å²) in [5.74, 6) is -0.560. The number of aliphatic hydroxyl groups is 1. The molecule has 0 aromatic rings. The van der Waals surface area contributed by atoms with Gasteiger partial charge in [0.1, 0.15) is 6.61 Å². The minimum absolute atomic E-state index is 0.0568. The van der Waals surface area contributed by atoms with Gasteiger partial charge in [0, 0.05) is 12.8 Å². The zero-order valence-electron chi connectivity index (χ0n) is 54.6. The van der Waals surface area contributed by atoms with Crippen molar-refractivity contribution in [3.63, 3.8) is 0 Å². The molecule has 5 nitrogen and oxygen atoms in total. The summed E-state index contributed by atoms with van der Waals surface area (Å²) >= 11 is 0. The molecule has 1 N–H and O–H groups in total. The van der Waals surface area contributed by atoms with Gasteiger partial charge in [-0.3, -0.25) is 9.59 Å². The van der Waals surface area contributed by atoms with Crippen molar-refractivity contribution in [2.24, 2.45) is 0 Å². The predicted octanol–water partition coefficient (Wildman–Crippen LogP) is 25.6. The van der Waals surface area contributed by atoms with E-state index in [0.29, 0.717) is 12.8 Å². The first-order chi connectivity index (χ1) is 39.6. The Labute approximate surface area is 502 Å². The third-order valence-electron chi connectivity index (χ3n) is 17.2. The quantitative estimate of drug-likeness (QED) is 0.0373. The second-order valence-corrected chi connectivity index (χ2v) is 25.4. The fraction of sp³-hybridized carbons (Fsp3) is 0.920. The van der Waals surface area contributed by atoms with Gasteiger partial charge in [-0.1, -0.05) is 391 Å². The summed E-state index contributed by atoms with van der Waals surface area (Å²) < 4.78 is 10.8. The Bertz CT molecular complexity index is 1230. The van der Waals surface area contributed by atoms with E-state index < -0.39 is 6.10 Å². The summed E-state index contributed by atoms with van der Waals surface area (Å²) in [6.45, 7) is 4.21. The number of esters is 2. The fourth-order valence-corrected chi connectivity index (χ4v) is 11.7. The lowest BCUT2D eigenvalue weighted by Gasteiger charge is -2.15. The first kappa shape index (κ1) is 78.4. The largest absolute Gasteiger partial charge is 0.462 e. The highest BCUT2D eigenvalue weighted by Gasteiger charge is 2.16. The summed E-state index contributed by atoms with van der Waals surface area (Å²) in [6.07, 6.45) is 93.9. The van der Waals surface area contributed by atoms with Crippen LogP contribution in [0.1, 0.15) is 425 Å². The Balaban J connectivity index is 3.35. The third-order valence-corrected chi connectivity index (χ3v) is 17.2. The van der Waals surface area contributed by atoms with E-state index in [2.05, 4.69) is 38.2 Å². The van der Waals surface area contributed by atoms with Crippen LogP contribution in [0.2, 0.25) is 0 Å². The zero-order valence-corrected chi connectivity index (χ0v) is 54.6. The zero-order chi connectivity index (χ0) is 57.6. The molecule has 0 radical (unpaired) electrons. The van der Waals surface area contributed by atoms with Gasteiger partial charge < -0.3 is 14.6 Å². The summed E-state index contributed by atoms with van der Waals surface area (Å²) in [7, 11) is 0. The number of rotatable bonds is 70. The summed E-state index contributed by atoms with van der Waals surface area (Å²) in [5.41, 5.74) is 0. The molecular weight excluding hydrogens is 981 g/mol. The molecule has 5 heteroatoms. The molecule has 0 aliphatic carbocycles. The molecule has 0 aromatic heterocycles. The van der Waals surface area contributed by atoms with E-state index in [9.17, 15) is 14.7 Å². The number of aliphatic hydroxyl groups excluding tert-OH is 1. The second kappa shape index (κ2) is 71.6. The Morgan fingerprint density at radius 1 is 0.287 bits per heavy atom. The molecule has 0 rings (SSSR count). The van der Waals surface area contributed by atoms with Crippen molar-refractivity contribution in [2.45, 2.75) is 431 Å². The van der Waals surface area contributed by atoms with Crippen LogP contribution in [0.25, 0.3) is 0 Å². The third kappa shape index (κ3) is 68.9. The second-order valence-electron chi connectivity index (χ2n) is 25.4. The first-order valence-electron chi connectivity index (χ1n) is 36.9. The lowest BCUT2D eigenvalue weighted by Crippen LogP contribution is -2.28. The molecule has 0 aliphatic rings. The van der Waals surface area contributed by atoms with Gasteiger partial charge in [-0.2, -0.15) is 0 Å². The molecule has 0 heterocycles. The highest BCUT2D eigenvalue weighted by atomic mass is 16.6. The van der Waals surface area contributed by atoms with Crippen molar-refractivity contribution >= 4 is 11.9 Å². The van der Waals surface area contributed by atoms with Gasteiger partial charge in [-0.05, 0) is 44.9 Å². The van der Waals surface area contributed by atoms with E-state index in [4.69, 9.17) is 9.47 Å². The molecule has 0 aliphatic heterocycles. The van der Waals surface area contributed by atoms with E-state index in [1.807, 2.05) is 0 Å². The molecule has 0 fully saturated rings. The number of carbonyl (C=O) groups excluding carboxylic acids is 2. The topological polar surface area (TPSA) is 72.8 Å². The standard InChI is InChI=1S/C75H144O5/c1-3-5-7-9-11-13-15-17-19-21-23-25-27-29-31-32-33-34-35-36-37-38-39-40-41-42-44-46-48-50-52-54-56-58-60-62-64-66-68-70-75(78)80-73(71-76)72-79-74(77)69-67-65-63-61-59-57-55-53-51-49-47-45-43-30-28-26-24-22-20-18-16-14-12-10-8-6-4-2/h15,17,21,23,73,76H,3-14,16,18-20,22,24-72H2,1-2H3/b17-15-,23-21-. The molecular formula is C75H144O5.